The van der Waals surface area contributed by atoms with Gasteiger partial charge in [0.15, 0.2) is 5.16 Å². The lowest BCUT2D eigenvalue weighted by atomic mass is 10.2. The maximum absolute atomic E-state index is 14.6. The smallest absolute Gasteiger partial charge is 0.266 e. The van der Waals surface area contributed by atoms with E-state index in [2.05, 4.69) is 4.98 Å². The Hall–Kier alpha value is -2.49. The molecule has 32 heavy (non-hydrogen) atoms. The Labute approximate surface area is 192 Å². The third kappa shape index (κ3) is 4.65. The van der Waals surface area contributed by atoms with Crippen LogP contribution in [-0.2, 0) is 9.53 Å². The van der Waals surface area contributed by atoms with E-state index >= 15 is 0 Å². The molecule has 168 valence electrons. The molecule has 0 saturated carbocycles. The van der Waals surface area contributed by atoms with Crippen LogP contribution in [0.4, 0.5) is 8.78 Å². The van der Waals surface area contributed by atoms with Crippen molar-refractivity contribution in [2.24, 2.45) is 0 Å². The number of aromatic nitrogens is 2. The van der Waals surface area contributed by atoms with E-state index in [0.717, 1.165) is 22.4 Å². The van der Waals surface area contributed by atoms with Crippen molar-refractivity contribution in [3.8, 4) is 5.69 Å². The van der Waals surface area contributed by atoms with Crippen LogP contribution in [0, 0.1) is 11.6 Å². The van der Waals surface area contributed by atoms with E-state index < -0.39 is 17.2 Å². The molecule has 10 heteroatoms. The van der Waals surface area contributed by atoms with E-state index in [-0.39, 0.29) is 40.1 Å². The fraction of sp³-hybridized carbons (Fsp3) is 0.318. The lowest BCUT2D eigenvalue weighted by molar-refractivity contribution is -0.140. The van der Waals surface area contributed by atoms with Gasteiger partial charge in [-0.05, 0) is 44.2 Å². The molecule has 0 N–H and O–H groups in total. The summed E-state index contributed by atoms with van der Waals surface area (Å²) < 4.78 is 34.8. The zero-order valence-corrected chi connectivity index (χ0v) is 18.9. The molecule has 1 amide bonds. The highest BCUT2D eigenvalue weighted by molar-refractivity contribution is 7.99. The van der Waals surface area contributed by atoms with Crippen LogP contribution in [0.2, 0.25) is 5.02 Å². The molecule has 2 heterocycles. The topological polar surface area (TPSA) is 64.4 Å². The number of nitrogens with zero attached hydrogens (tertiary/aromatic N) is 3. The Morgan fingerprint density at radius 1 is 1.19 bits per heavy atom. The SMILES string of the molecule is CC1CN(C(=O)CSc2nc3ccc(Cl)cc3c(=O)n2-c2ccc(F)cc2F)CC(C)O1. The highest BCUT2D eigenvalue weighted by atomic mass is 35.5. The number of rotatable bonds is 4. The van der Waals surface area contributed by atoms with E-state index in [4.69, 9.17) is 16.3 Å². The molecule has 1 aliphatic rings. The molecular formula is C22H20ClF2N3O3S. The van der Waals surface area contributed by atoms with Crippen molar-refractivity contribution in [2.45, 2.75) is 31.2 Å². The first-order valence-corrected chi connectivity index (χ1v) is 11.3. The zero-order chi connectivity index (χ0) is 23.0. The van der Waals surface area contributed by atoms with Crippen LogP contribution in [-0.4, -0.2) is 51.4 Å². The maximum Gasteiger partial charge on any atom is 0.266 e. The minimum atomic E-state index is -0.917. The Bertz CT molecular complexity index is 1240. The van der Waals surface area contributed by atoms with Gasteiger partial charge in [0.05, 0.1) is 34.6 Å². The number of hydrogen-bond donors (Lipinski definition) is 0. The Morgan fingerprint density at radius 2 is 1.91 bits per heavy atom. The number of benzene rings is 2. The molecular weight excluding hydrogens is 460 g/mol. The average molecular weight is 480 g/mol. The second-order valence-electron chi connectivity index (χ2n) is 7.64. The highest BCUT2D eigenvalue weighted by Crippen LogP contribution is 2.25. The Balaban J connectivity index is 1.73. The van der Waals surface area contributed by atoms with E-state index in [1.54, 1.807) is 17.0 Å². The quantitative estimate of drug-likeness (QED) is 0.417. The lowest BCUT2D eigenvalue weighted by Crippen LogP contribution is -2.48. The van der Waals surface area contributed by atoms with E-state index in [9.17, 15) is 18.4 Å². The molecule has 2 atom stereocenters. The first-order chi connectivity index (χ1) is 15.2. The lowest BCUT2D eigenvalue weighted by Gasteiger charge is -2.35. The van der Waals surface area contributed by atoms with Gasteiger partial charge >= 0.3 is 0 Å². The monoisotopic (exact) mass is 479 g/mol. The Morgan fingerprint density at radius 3 is 2.59 bits per heavy atom. The molecule has 4 rings (SSSR count). The van der Waals surface area contributed by atoms with Gasteiger partial charge in [0, 0.05) is 24.2 Å². The van der Waals surface area contributed by atoms with Crippen LogP contribution >= 0.6 is 23.4 Å². The molecule has 0 aliphatic carbocycles. The van der Waals surface area contributed by atoms with Gasteiger partial charge < -0.3 is 9.64 Å². The molecule has 0 spiro atoms. The molecule has 1 saturated heterocycles. The second-order valence-corrected chi connectivity index (χ2v) is 9.02. The van der Waals surface area contributed by atoms with E-state index in [0.29, 0.717) is 29.7 Å². The number of carbonyl (C=O) groups is 1. The molecule has 3 aromatic rings. The number of amides is 1. The number of fused-ring (bicyclic) bond motifs is 1. The summed E-state index contributed by atoms with van der Waals surface area (Å²) in [6.45, 7) is 4.72. The predicted octanol–water partition coefficient (Wildman–Crippen LogP) is 4.05. The zero-order valence-electron chi connectivity index (χ0n) is 17.3. The van der Waals surface area contributed by atoms with Gasteiger partial charge in [-0.2, -0.15) is 0 Å². The van der Waals surface area contributed by atoms with Crippen molar-refractivity contribution in [1.82, 2.24) is 14.5 Å². The molecule has 1 aromatic heterocycles. The minimum Gasteiger partial charge on any atom is -0.372 e. The third-order valence-electron chi connectivity index (χ3n) is 5.05. The van der Waals surface area contributed by atoms with Gasteiger partial charge in [0.25, 0.3) is 5.56 Å². The summed E-state index contributed by atoms with van der Waals surface area (Å²) in [5.74, 6) is -1.84. The van der Waals surface area contributed by atoms with Gasteiger partial charge in [-0.25, -0.2) is 13.8 Å². The van der Waals surface area contributed by atoms with Gasteiger partial charge in [0.2, 0.25) is 5.91 Å². The minimum absolute atomic E-state index is 0.00616. The fourth-order valence-electron chi connectivity index (χ4n) is 3.71. The van der Waals surface area contributed by atoms with Gasteiger partial charge in [-0.15, -0.1) is 0 Å². The summed E-state index contributed by atoms with van der Waals surface area (Å²) in [7, 11) is 0. The highest BCUT2D eigenvalue weighted by Gasteiger charge is 2.26. The number of halogens is 3. The van der Waals surface area contributed by atoms with Crippen molar-refractivity contribution in [3.05, 3.63) is 63.4 Å². The van der Waals surface area contributed by atoms with Gasteiger partial charge in [-0.1, -0.05) is 23.4 Å². The van der Waals surface area contributed by atoms with E-state index in [1.807, 2.05) is 13.8 Å². The summed E-state index contributed by atoms with van der Waals surface area (Å²) in [5.41, 5.74) is -0.359. The number of hydrogen-bond acceptors (Lipinski definition) is 5. The number of thioether (sulfide) groups is 1. The van der Waals surface area contributed by atoms with Crippen LogP contribution in [0.5, 0.6) is 0 Å². The van der Waals surface area contributed by atoms with Crippen molar-refractivity contribution in [3.63, 3.8) is 0 Å². The Kier molecular flexibility index (Phi) is 6.50. The summed E-state index contributed by atoms with van der Waals surface area (Å²) in [5, 5.41) is 0.638. The molecule has 0 radical (unpaired) electrons. The largest absolute Gasteiger partial charge is 0.372 e. The molecule has 2 unspecified atom stereocenters. The summed E-state index contributed by atoms with van der Waals surface area (Å²) in [4.78, 5) is 32.2. The first-order valence-electron chi connectivity index (χ1n) is 9.96. The van der Waals surface area contributed by atoms with Gasteiger partial charge in [0.1, 0.15) is 11.6 Å². The van der Waals surface area contributed by atoms with Gasteiger partial charge in [-0.3, -0.25) is 14.2 Å². The summed E-state index contributed by atoms with van der Waals surface area (Å²) >= 11 is 7.05. The van der Waals surface area contributed by atoms with E-state index in [1.165, 1.54) is 12.1 Å². The maximum atomic E-state index is 14.6. The standard InChI is InChI=1S/C22H20ClF2N3O3S/c1-12-9-27(10-13(2)31-12)20(29)11-32-22-26-18-5-3-14(23)7-16(18)21(30)28(22)19-6-4-15(24)8-17(19)25/h3-8,12-13H,9-11H2,1-2H3. The summed E-state index contributed by atoms with van der Waals surface area (Å²) in [6.07, 6.45) is -0.162. The molecule has 1 fully saturated rings. The fourth-order valence-corrected chi connectivity index (χ4v) is 4.79. The van der Waals surface area contributed by atoms with Crippen molar-refractivity contribution in [1.29, 1.82) is 0 Å². The van der Waals surface area contributed by atoms with Crippen LogP contribution < -0.4 is 5.56 Å². The molecule has 1 aliphatic heterocycles. The third-order valence-corrected chi connectivity index (χ3v) is 6.21. The van der Waals surface area contributed by atoms with Crippen molar-refractivity contribution < 1.29 is 18.3 Å². The van der Waals surface area contributed by atoms with Crippen molar-refractivity contribution >= 4 is 40.2 Å². The molecule has 0 bridgehead atoms. The van der Waals surface area contributed by atoms with Crippen molar-refractivity contribution in [2.75, 3.05) is 18.8 Å². The van der Waals surface area contributed by atoms with Crippen LogP contribution in [0.3, 0.4) is 0 Å². The second kappa shape index (κ2) is 9.17. The number of morpholine rings is 1. The average Bonchev–Trinajstić information content (AvgIpc) is 2.73. The number of ether oxygens (including phenoxy) is 1. The first kappa shape index (κ1) is 22.7. The number of carbonyl (C=O) groups excluding carboxylic acids is 1. The van der Waals surface area contributed by atoms with Crippen LogP contribution in [0.25, 0.3) is 16.6 Å². The normalized spacial score (nSPS) is 18.8. The summed E-state index contributed by atoms with van der Waals surface area (Å²) in [6, 6.07) is 7.54. The molecule has 6 nitrogen and oxygen atoms in total. The van der Waals surface area contributed by atoms with Crippen LogP contribution in [0.15, 0.2) is 46.3 Å². The predicted molar refractivity (Wildman–Crippen MR) is 120 cm³/mol. The molecule has 2 aromatic carbocycles. The van der Waals surface area contributed by atoms with Crippen LogP contribution in [0.1, 0.15) is 13.8 Å².